The highest BCUT2D eigenvalue weighted by molar-refractivity contribution is 7.90. The minimum Gasteiger partial charge on any atom is -0.465 e. The summed E-state index contributed by atoms with van der Waals surface area (Å²) in [5, 5.41) is 3.24. The summed E-state index contributed by atoms with van der Waals surface area (Å²) in [4.78, 5) is 11.2. The van der Waals surface area contributed by atoms with Gasteiger partial charge in [-0.3, -0.25) is 4.79 Å². The normalized spacial score (nSPS) is 22.4. The van der Waals surface area contributed by atoms with E-state index in [1.807, 2.05) is 6.92 Å². The Morgan fingerprint density at radius 3 is 2.83 bits per heavy atom. The third-order valence-corrected chi connectivity index (χ3v) is 4.37. The predicted molar refractivity (Wildman–Crippen MR) is 68.6 cm³/mol. The van der Waals surface area contributed by atoms with E-state index in [4.69, 9.17) is 0 Å². The summed E-state index contributed by atoms with van der Waals surface area (Å²) in [6.07, 6.45) is 2.05. The summed E-state index contributed by atoms with van der Waals surface area (Å²) in [5.74, 6) is -1.04. The second kappa shape index (κ2) is 7.06. The van der Waals surface area contributed by atoms with Crippen molar-refractivity contribution < 1.29 is 17.9 Å². The zero-order chi connectivity index (χ0) is 13.6. The van der Waals surface area contributed by atoms with E-state index >= 15 is 0 Å². The molecule has 0 aromatic carbocycles. The molecule has 0 aliphatic carbocycles. The van der Waals surface area contributed by atoms with Gasteiger partial charge in [-0.1, -0.05) is 0 Å². The lowest BCUT2D eigenvalue weighted by Gasteiger charge is -2.28. The molecule has 0 aromatic rings. The monoisotopic (exact) mass is 278 g/mol. The third-order valence-electron chi connectivity index (χ3n) is 3.02. The van der Waals surface area contributed by atoms with Gasteiger partial charge in [-0.25, -0.2) is 13.1 Å². The number of carbonyl (C=O) groups excluding carboxylic acids is 1. The summed E-state index contributed by atoms with van der Waals surface area (Å²) < 4.78 is 30.7. The SMILES string of the molecule is CCOC(=O)CS(=O)(=O)NC(C)C1CCCNC1. The van der Waals surface area contributed by atoms with Crippen LogP contribution >= 0.6 is 0 Å². The molecule has 1 rings (SSSR count). The van der Waals surface area contributed by atoms with Gasteiger partial charge in [-0.05, 0) is 45.7 Å². The molecule has 2 N–H and O–H groups in total. The fourth-order valence-electron chi connectivity index (χ4n) is 2.08. The number of hydrogen-bond acceptors (Lipinski definition) is 5. The van der Waals surface area contributed by atoms with E-state index in [1.165, 1.54) is 0 Å². The summed E-state index contributed by atoms with van der Waals surface area (Å²) in [6.45, 7) is 5.47. The average molecular weight is 278 g/mol. The van der Waals surface area contributed by atoms with Crippen molar-refractivity contribution in [2.45, 2.75) is 32.7 Å². The standard InChI is InChI=1S/C11H22N2O4S/c1-3-17-11(14)8-18(15,16)13-9(2)10-5-4-6-12-7-10/h9-10,12-13H,3-8H2,1-2H3. The van der Waals surface area contributed by atoms with Gasteiger partial charge in [0.2, 0.25) is 10.0 Å². The lowest BCUT2D eigenvalue weighted by molar-refractivity contribution is -0.139. The smallest absolute Gasteiger partial charge is 0.322 e. The van der Waals surface area contributed by atoms with Gasteiger partial charge in [0.05, 0.1) is 6.61 Å². The quantitative estimate of drug-likeness (QED) is 0.661. The average Bonchev–Trinajstić information content (AvgIpc) is 2.29. The fraction of sp³-hybridized carbons (Fsp3) is 0.909. The molecule has 1 heterocycles. The fourth-order valence-corrected chi connectivity index (χ4v) is 3.32. The highest BCUT2D eigenvalue weighted by atomic mass is 32.2. The zero-order valence-electron chi connectivity index (χ0n) is 10.9. The second-order valence-corrected chi connectivity index (χ2v) is 6.33. The van der Waals surface area contributed by atoms with Crippen LogP contribution in [0.25, 0.3) is 0 Å². The van der Waals surface area contributed by atoms with Crippen LogP contribution in [0.1, 0.15) is 26.7 Å². The summed E-state index contributed by atoms with van der Waals surface area (Å²) >= 11 is 0. The zero-order valence-corrected chi connectivity index (χ0v) is 11.8. The number of hydrogen-bond donors (Lipinski definition) is 2. The molecule has 106 valence electrons. The third kappa shape index (κ3) is 5.32. The maximum atomic E-state index is 11.7. The van der Waals surface area contributed by atoms with Gasteiger partial charge in [0.1, 0.15) is 0 Å². The van der Waals surface area contributed by atoms with E-state index in [0.717, 1.165) is 25.9 Å². The lowest BCUT2D eigenvalue weighted by atomic mass is 9.94. The molecule has 1 aliphatic rings. The lowest BCUT2D eigenvalue weighted by Crippen LogP contribution is -2.46. The van der Waals surface area contributed by atoms with Gasteiger partial charge in [-0.15, -0.1) is 0 Å². The van der Waals surface area contributed by atoms with Crippen LogP contribution in [0.15, 0.2) is 0 Å². The van der Waals surface area contributed by atoms with Crippen LogP contribution in [0.2, 0.25) is 0 Å². The second-order valence-electron chi connectivity index (χ2n) is 4.58. The van der Waals surface area contributed by atoms with E-state index in [-0.39, 0.29) is 18.6 Å². The van der Waals surface area contributed by atoms with Gasteiger partial charge in [0, 0.05) is 6.04 Å². The number of esters is 1. The van der Waals surface area contributed by atoms with Crippen LogP contribution in [0, 0.1) is 5.92 Å². The molecule has 0 aromatic heterocycles. The van der Waals surface area contributed by atoms with Gasteiger partial charge in [0.15, 0.2) is 5.75 Å². The molecular weight excluding hydrogens is 256 g/mol. The molecule has 0 saturated carbocycles. The highest BCUT2D eigenvalue weighted by Crippen LogP contribution is 2.14. The van der Waals surface area contributed by atoms with Crippen molar-refractivity contribution in [3.8, 4) is 0 Å². The largest absolute Gasteiger partial charge is 0.465 e. The van der Waals surface area contributed by atoms with Crippen LogP contribution < -0.4 is 10.0 Å². The summed E-state index contributed by atoms with van der Waals surface area (Å²) in [5.41, 5.74) is 0. The Balaban J connectivity index is 2.45. The van der Waals surface area contributed by atoms with Gasteiger partial charge in [0.25, 0.3) is 0 Å². The van der Waals surface area contributed by atoms with Gasteiger partial charge in [-0.2, -0.15) is 0 Å². The number of nitrogens with one attached hydrogen (secondary N) is 2. The number of piperidine rings is 1. The molecular formula is C11H22N2O4S. The van der Waals surface area contributed by atoms with Crippen molar-refractivity contribution in [2.75, 3.05) is 25.4 Å². The Bertz CT molecular complexity index is 363. The molecule has 1 saturated heterocycles. The van der Waals surface area contributed by atoms with Crippen molar-refractivity contribution in [2.24, 2.45) is 5.92 Å². The molecule has 1 fully saturated rings. The van der Waals surface area contributed by atoms with E-state index in [2.05, 4.69) is 14.8 Å². The van der Waals surface area contributed by atoms with E-state index in [0.29, 0.717) is 0 Å². The van der Waals surface area contributed by atoms with E-state index in [9.17, 15) is 13.2 Å². The summed E-state index contributed by atoms with van der Waals surface area (Å²) in [6, 6.07) is -0.169. The van der Waals surface area contributed by atoms with Gasteiger partial charge >= 0.3 is 5.97 Å². The molecule has 7 heteroatoms. The molecule has 0 bridgehead atoms. The Kier molecular flexibility index (Phi) is 6.04. The van der Waals surface area contributed by atoms with Crippen LogP contribution in [0.3, 0.4) is 0 Å². The van der Waals surface area contributed by atoms with Crippen molar-refractivity contribution >= 4 is 16.0 Å². The number of carbonyl (C=O) groups is 1. The van der Waals surface area contributed by atoms with Crippen LogP contribution in [0.5, 0.6) is 0 Å². The predicted octanol–water partition coefficient (Wildman–Crippen LogP) is -0.143. The van der Waals surface area contributed by atoms with Crippen molar-refractivity contribution in [3.63, 3.8) is 0 Å². The van der Waals surface area contributed by atoms with Crippen LogP contribution in [-0.2, 0) is 19.6 Å². The van der Waals surface area contributed by atoms with E-state index in [1.54, 1.807) is 6.92 Å². The molecule has 2 unspecified atom stereocenters. The maximum Gasteiger partial charge on any atom is 0.322 e. The molecule has 18 heavy (non-hydrogen) atoms. The van der Waals surface area contributed by atoms with Crippen molar-refractivity contribution in [1.29, 1.82) is 0 Å². The first kappa shape index (κ1) is 15.4. The molecule has 0 amide bonds. The summed E-state index contributed by atoms with van der Waals surface area (Å²) in [7, 11) is -3.60. The van der Waals surface area contributed by atoms with Crippen molar-refractivity contribution in [1.82, 2.24) is 10.0 Å². The minimum atomic E-state index is -3.60. The topological polar surface area (TPSA) is 84.5 Å². The van der Waals surface area contributed by atoms with Crippen molar-refractivity contribution in [3.05, 3.63) is 0 Å². The molecule has 6 nitrogen and oxygen atoms in total. The minimum absolute atomic E-state index is 0.169. The number of rotatable bonds is 6. The van der Waals surface area contributed by atoms with E-state index < -0.39 is 21.7 Å². The Labute approximate surface area is 109 Å². The first-order valence-electron chi connectivity index (χ1n) is 6.31. The molecule has 0 radical (unpaired) electrons. The Morgan fingerprint density at radius 1 is 1.56 bits per heavy atom. The maximum absolute atomic E-state index is 11.7. The first-order chi connectivity index (χ1) is 8.44. The Hall–Kier alpha value is -0.660. The number of sulfonamides is 1. The highest BCUT2D eigenvalue weighted by Gasteiger charge is 2.25. The Morgan fingerprint density at radius 2 is 2.28 bits per heavy atom. The molecule has 0 spiro atoms. The molecule has 1 aliphatic heterocycles. The van der Waals surface area contributed by atoms with Crippen LogP contribution in [-0.4, -0.2) is 45.9 Å². The molecule has 2 atom stereocenters. The first-order valence-corrected chi connectivity index (χ1v) is 7.96. The van der Waals surface area contributed by atoms with Crippen LogP contribution in [0.4, 0.5) is 0 Å². The van der Waals surface area contributed by atoms with Gasteiger partial charge < -0.3 is 10.1 Å². The number of ether oxygens (including phenoxy) is 1.